The molecule has 0 radical (unpaired) electrons. The zero-order valence-corrected chi connectivity index (χ0v) is 22.7. The normalized spacial score (nSPS) is 28.1. The number of carbonyl (C=O) groups excluding carboxylic acids is 1. The Balaban J connectivity index is 1.46. The van der Waals surface area contributed by atoms with Gasteiger partial charge in [0.2, 0.25) is 0 Å². The molecule has 0 aliphatic carbocycles. The number of nitrogens with zero attached hydrogens (tertiary/aromatic N) is 2. The van der Waals surface area contributed by atoms with Crippen LogP contribution in [0.5, 0.6) is 0 Å². The van der Waals surface area contributed by atoms with E-state index in [9.17, 15) is 38.5 Å². The molecule has 2 heterocycles. The minimum atomic E-state index is -5.74. The Hall–Kier alpha value is -1.75. The maximum absolute atomic E-state index is 12.5. The molecule has 0 aromatic heterocycles. The van der Waals surface area contributed by atoms with Gasteiger partial charge in [0.05, 0.1) is 6.61 Å². The van der Waals surface area contributed by atoms with Gasteiger partial charge in [0.25, 0.3) is 0 Å². The number of aryl methyl sites for hydroxylation is 1. The largest absolute Gasteiger partial charge is 0.490 e. The fourth-order valence-electron chi connectivity index (χ4n) is 3.60. The summed E-state index contributed by atoms with van der Waals surface area (Å²) < 4.78 is 50.9. The highest BCUT2D eigenvalue weighted by molar-refractivity contribution is 7.66. The Morgan fingerprint density at radius 1 is 1.03 bits per heavy atom. The first-order chi connectivity index (χ1) is 18.2. The van der Waals surface area contributed by atoms with Gasteiger partial charge in [-0.2, -0.15) is 8.62 Å². The average Bonchev–Trinajstić information content (AvgIpc) is 3.09. The quantitative estimate of drug-likeness (QED) is 0.0880. The number of rotatable bonds is 13. The van der Waals surface area contributed by atoms with Crippen molar-refractivity contribution in [2.75, 3.05) is 19.8 Å². The van der Waals surface area contributed by atoms with Crippen LogP contribution >= 0.6 is 23.5 Å². The molecule has 2 fully saturated rings. The molecule has 39 heavy (non-hydrogen) atoms. The molecule has 1 aromatic rings. The summed E-state index contributed by atoms with van der Waals surface area (Å²) in [5.74, 6) is 0.230. The van der Waals surface area contributed by atoms with Gasteiger partial charge >= 0.3 is 29.5 Å². The van der Waals surface area contributed by atoms with Crippen molar-refractivity contribution in [3.8, 4) is 0 Å². The van der Waals surface area contributed by atoms with E-state index < -0.39 is 60.6 Å². The van der Waals surface area contributed by atoms with E-state index in [1.165, 1.54) is 0 Å². The fraction of sp³-hybridized carbons (Fsp3) is 0.556. The number of nitrogens with one attached hydrogen (secondary N) is 1. The predicted molar refractivity (Wildman–Crippen MR) is 128 cm³/mol. The Morgan fingerprint density at radius 3 is 2.36 bits per heavy atom. The summed E-state index contributed by atoms with van der Waals surface area (Å²) in [6.45, 7) is -0.696. The molecule has 6 atom stereocenters. The number of amidine groups is 1. The highest BCUT2D eigenvalue weighted by atomic mass is 31.3. The fourth-order valence-corrected chi connectivity index (χ4v) is 6.63. The number of amides is 2. The number of hydrogen-bond acceptors (Lipinski definition) is 12. The Labute approximate surface area is 221 Å². The number of phosphoric ester groups is 1. The third-order valence-corrected chi connectivity index (χ3v) is 9.09. The summed E-state index contributed by atoms with van der Waals surface area (Å²) in [6.07, 6.45) is -4.69. The SMILES string of the molecule is O=C1N/C(=N/OCCCc2ccccc2)CCN1[C@@H]1O[C@H](COP(=O)(O)OP(=O)(O)OP(=O)(O)O)[C@@H](O)[C@H]1O. The number of oxime groups is 1. The molecule has 2 aliphatic rings. The summed E-state index contributed by atoms with van der Waals surface area (Å²) in [4.78, 5) is 54.6. The molecule has 18 nitrogen and oxygen atoms in total. The zero-order valence-electron chi connectivity index (χ0n) is 20.0. The van der Waals surface area contributed by atoms with E-state index in [-0.39, 0.29) is 18.8 Å². The lowest BCUT2D eigenvalue weighted by atomic mass is 10.1. The molecule has 0 bridgehead atoms. The first-order valence-electron chi connectivity index (χ1n) is 11.3. The number of ether oxygens (including phenoxy) is 1. The van der Waals surface area contributed by atoms with Crippen molar-refractivity contribution in [1.29, 1.82) is 0 Å². The number of benzene rings is 1. The van der Waals surface area contributed by atoms with Gasteiger partial charge in [0, 0.05) is 13.0 Å². The third kappa shape index (κ3) is 9.99. The van der Waals surface area contributed by atoms with Crippen molar-refractivity contribution in [1.82, 2.24) is 10.2 Å². The molecule has 220 valence electrons. The van der Waals surface area contributed by atoms with Gasteiger partial charge in [-0.3, -0.25) is 14.7 Å². The van der Waals surface area contributed by atoms with E-state index in [0.29, 0.717) is 13.0 Å². The van der Waals surface area contributed by atoms with E-state index in [1.54, 1.807) is 0 Å². The van der Waals surface area contributed by atoms with Gasteiger partial charge < -0.3 is 39.4 Å². The monoisotopic (exact) mass is 619 g/mol. The molecule has 7 N–H and O–H groups in total. The lowest BCUT2D eigenvalue weighted by Crippen LogP contribution is -2.56. The van der Waals surface area contributed by atoms with Crippen LogP contribution in [-0.2, 0) is 42.8 Å². The minimum Gasteiger partial charge on any atom is -0.394 e. The van der Waals surface area contributed by atoms with Crippen LogP contribution in [0.3, 0.4) is 0 Å². The van der Waals surface area contributed by atoms with Crippen molar-refractivity contribution < 1.29 is 71.0 Å². The van der Waals surface area contributed by atoms with Gasteiger partial charge in [-0.1, -0.05) is 35.5 Å². The van der Waals surface area contributed by atoms with E-state index in [1.807, 2.05) is 30.3 Å². The lowest BCUT2D eigenvalue weighted by Gasteiger charge is -2.33. The van der Waals surface area contributed by atoms with Gasteiger partial charge in [-0.25, -0.2) is 18.5 Å². The van der Waals surface area contributed by atoms with E-state index >= 15 is 0 Å². The van der Waals surface area contributed by atoms with Crippen molar-refractivity contribution in [3.63, 3.8) is 0 Å². The number of phosphoric acid groups is 3. The topological polar surface area (TPSA) is 263 Å². The van der Waals surface area contributed by atoms with Crippen LogP contribution in [0.15, 0.2) is 35.5 Å². The standard InChI is InChI=1S/C18H28N3O15P3/c22-15-13(11-33-38(28,29)36-39(30,31)35-37(25,26)27)34-17(16(15)23)21-9-8-14(19-18(21)24)20-32-10-4-7-12-5-2-1-3-6-12/h1-3,5-6,13,15-17,22-23H,4,7-11H2,(H,28,29)(H,30,31)(H,19,20,24)(H2,25,26,27)/t13-,15-,16-,17-/m1/s1. The summed E-state index contributed by atoms with van der Waals surface area (Å²) >= 11 is 0. The van der Waals surface area contributed by atoms with Crippen LogP contribution in [0.2, 0.25) is 0 Å². The second-order valence-electron chi connectivity index (χ2n) is 8.27. The lowest BCUT2D eigenvalue weighted by molar-refractivity contribution is -0.0786. The molecule has 0 spiro atoms. The molecule has 2 saturated heterocycles. The van der Waals surface area contributed by atoms with Gasteiger partial charge in [-0.15, -0.1) is 0 Å². The molecule has 1 aromatic carbocycles. The van der Waals surface area contributed by atoms with Crippen LogP contribution in [0.4, 0.5) is 4.79 Å². The molecule has 21 heteroatoms. The smallest absolute Gasteiger partial charge is 0.394 e. The third-order valence-electron chi connectivity index (χ3n) is 5.28. The van der Waals surface area contributed by atoms with E-state index in [2.05, 4.69) is 23.6 Å². The summed E-state index contributed by atoms with van der Waals surface area (Å²) in [7, 11) is -16.8. The molecule has 2 aliphatic heterocycles. The second kappa shape index (κ2) is 13.3. The second-order valence-corrected chi connectivity index (χ2v) is 12.7. The number of urea groups is 1. The van der Waals surface area contributed by atoms with Crippen LogP contribution in [0.1, 0.15) is 18.4 Å². The molecular formula is C18H28N3O15P3. The number of hydrogen-bond donors (Lipinski definition) is 7. The van der Waals surface area contributed by atoms with Crippen LogP contribution in [0.25, 0.3) is 0 Å². The van der Waals surface area contributed by atoms with Gasteiger partial charge in [0.1, 0.15) is 24.9 Å². The van der Waals surface area contributed by atoms with Crippen molar-refractivity contribution in [2.45, 2.75) is 43.8 Å². The van der Waals surface area contributed by atoms with E-state index in [4.69, 9.17) is 19.4 Å². The van der Waals surface area contributed by atoms with Crippen LogP contribution in [0, 0.1) is 0 Å². The summed E-state index contributed by atoms with van der Waals surface area (Å²) in [5.41, 5.74) is 1.15. The maximum atomic E-state index is 12.5. The zero-order chi connectivity index (χ0) is 28.8. The minimum absolute atomic E-state index is 0.00488. The molecule has 0 saturated carbocycles. The van der Waals surface area contributed by atoms with Gasteiger partial charge in [0.15, 0.2) is 12.1 Å². The number of carbonyl (C=O) groups is 1. The maximum Gasteiger partial charge on any atom is 0.490 e. The van der Waals surface area contributed by atoms with Crippen LogP contribution < -0.4 is 5.32 Å². The van der Waals surface area contributed by atoms with Gasteiger partial charge in [-0.05, 0) is 18.4 Å². The molecular weight excluding hydrogens is 591 g/mol. The van der Waals surface area contributed by atoms with Crippen LogP contribution in [-0.4, -0.2) is 90.9 Å². The first kappa shape index (κ1) is 31.8. The van der Waals surface area contributed by atoms with Crippen molar-refractivity contribution >= 4 is 35.3 Å². The van der Waals surface area contributed by atoms with Crippen molar-refractivity contribution in [2.24, 2.45) is 5.16 Å². The summed E-state index contributed by atoms with van der Waals surface area (Å²) in [6, 6.07) is 9.03. The summed E-state index contributed by atoms with van der Waals surface area (Å²) in [5, 5.41) is 26.9. The Bertz CT molecular complexity index is 1160. The Kier molecular flexibility index (Phi) is 10.8. The molecule has 2 unspecified atom stereocenters. The number of aliphatic hydroxyl groups excluding tert-OH is 2. The molecule has 3 rings (SSSR count). The van der Waals surface area contributed by atoms with Crippen molar-refractivity contribution in [3.05, 3.63) is 35.9 Å². The molecule has 2 amide bonds. The Morgan fingerprint density at radius 2 is 1.72 bits per heavy atom. The van der Waals surface area contributed by atoms with E-state index in [0.717, 1.165) is 16.9 Å². The first-order valence-corrected chi connectivity index (χ1v) is 15.8. The number of aliphatic hydroxyl groups is 2. The average molecular weight is 619 g/mol. The highest BCUT2D eigenvalue weighted by Crippen LogP contribution is 2.66. The predicted octanol–water partition coefficient (Wildman–Crippen LogP) is 0.155. The highest BCUT2D eigenvalue weighted by Gasteiger charge is 2.49.